The van der Waals surface area contributed by atoms with Crippen molar-refractivity contribution in [2.45, 2.75) is 39.2 Å². The number of esters is 1. The highest BCUT2D eigenvalue weighted by molar-refractivity contribution is 6.32. The normalized spacial score (nSPS) is 11.8. The lowest BCUT2D eigenvalue weighted by atomic mass is 10.1. The standard InChI is InChI=1S/C19H21ClO3/c1-3-4-13-18(21)23-19-16(11-8-12-17(19)20)14(2)22-15-9-6-5-7-10-15/h5-12,14H,3-4,13H2,1-2H3. The van der Waals surface area contributed by atoms with Crippen molar-refractivity contribution in [2.24, 2.45) is 0 Å². The SMILES string of the molecule is CCCCC(=O)Oc1c(Cl)cccc1C(C)Oc1ccccc1. The van der Waals surface area contributed by atoms with Gasteiger partial charge in [0.15, 0.2) is 5.75 Å². The molecule has 2 rings (SSSR count). The molecule has 23 heavy (non-hydrogen) atoms. The van der Waals surface area contributed by atoms with Crippen LogP contribution in [0.2, 0.25) is 5.02 Å². The van der Waals surface area contributed by atoms with E-state index in [4.69, 9.17) is 21.1 Å². The monoisotopic (exact) mass is 332 g/mol. The number of unbranched alkanes of at least 4 members (excludes halogenated alkanes) is 1. The zero-order chi connectivity index (χ0) is 16.7. The van der Waals surface area contributed by atoms with Gasteiger partial charge in [0, 0.05) is 12.0 Å². The number of benzene rings is 2. The Labute approximate surface area is 142 Å². The maximum atomic E-state index is 11.9. The molecular formula is C19H21ClO3. The van der Waals surface area contributed by atoms with E-state index in [9.17, 15) is 4.79 Å². The molecule has 0 fully saturated rings. The first-order valence-electron chi connectivity index (χ1n) is 7.82. The molecule has 1 unspecified atom stereocenters. The highest BCUT2D eigenvalue weighted by Crippen LogP contribution is 2.35. The molecule has 4 heteroatoms. The van der Waals surface area contributed by atoms with Gasteiger partial charge in [0.25, 0.3) is 0 Å². The van der Waals surface area contributed by atoms with Crippen LogP contribution in [0.5, 0.6) is 11.5 Å². The van der Waals surface area contributed by atoms with E-state index in [1.54, 1.807) is 6.07 Å². The Kier molecular flexibility index (Phi) is 6.48. The quantitative estimate of drug-likeness (QED) is 0.490. The molecule has 2 aromatic carbocycles. The molecule has 2 aromatic rings. The molecule has 0 saturated carbocycles. The first kappa shape index (κ1) is 17.4. The summed E-state index contributed by atoms with van der Waals surface area (Å²) >= 11 is 6.22. The van der Waals surface area contributed by atoms with Gasteiger partial charge in [-0.2, -0.15) is 0 Å². The van der Waals surface area contributed by atoms with Crippen molar-refractivity contribution in [2.75, 3.05) is 0 Å². The molecule has 0 aliphatic carbocycles. The van der Waals surface area contributed by atoms with Gasteiger partial charge < -0.3 is 9.47 Å². The second-order valence-corrected chi connectivity index (χ2v) is 5.72. The smallest absolute Gasteiger partial charge is 0.311 e. The molecule has 0 amide bonds. The lowest BCUT2D eigenvalue weighted by Crippen LogP contribution is -2.12. The number of hydrogen-bond donors (Lipinski definition) is 0. The van der Waals surface area contributed by atoms with Crippen molar-refractivity contribution < 1.29 is 14.3 Å². The highest BCUT2D eigenvalue weighted by atomic mass is 35.5. The topological polar surface area (TPSA) is 35.5 Å². The predicted octanol–water partition coefficient (Wildman–Crippen LogP) is 5.58. The molecule has 0 spiro atoms. The van der Waals surface area contributed by atoms with E-state index in [0.29, 0.717) is 17.2 Å². The van der Waals surface area contributed by atoms with Crippen LogP contribution in [0.15, 0.2) is 48.5 Å². The Bertz CT molecular complexity index is 640. The third kappa shape index (κ3) is 5.00. The Morgan fingerprint density at radius 3 is 2.57 bits per heavy atom. The third-order valence-corrected chi connectivity index (χ3v) is 3.74. The van der Waals surface area contributed by atoms with Crippen LogP contribution in [0.25, 0.3) is 0 Å². The summed E-state index contributed by atoms with van der Waals surface area (Å²) in [5.74, 6) is 0.870. The fraction of sp³-hybridized carbons (Fsp3) is 0.316. The van der Waals surface area contributed by atoms with Crippen molar-refractivity contribution in [3.05, 3.63) is 59.1 Å². The molecule has 0 aliphatic rings. The van der Waals surface area contributed by atoms with Gasteiger partial charge in [-0.3, -0.25) is 4.79 Å². The van der Waals surface area contributed by atoms with Gasteiger partial charge in [0.2, 0.25) is 0 Å². The number of hydrogen-bond acceptors (Lipinski definition) is 3. The van der Waals surface area contributed by atoms with E-state index in [1.165, 1.54) is 0 Å². The van der Waals surface area contributed by atoms with Crippen molar-refractivity contribution in [1.29, 1.82) is 0 Å². The summed E-state index contributed by atoms with van der Waals surface area (Å²) in [6.45, 7) is 3.94. The first-order chi connectivity index (χ1) is 11.1. The highest BCUT2D eigenvalue weighted by Gasteiger charge is 2.18. The molecular weight excluding hydrogens is 312 g/mol. The van der Waals surface area contributed by atoms with Crippen LogP contribution in [0, 0.1) is 0 Å². The third-order valence-electron chi connectivity index (χ3n) is 3.44. The van der Waals surface area contributed by atoms with Crippen LogP contribution >= 0.6 is 11.6 Å². The molecule has 0 bridgehead atoms. The average Bonchev–Trinajstić information content (AvgIpc) is 2.55. The summed E-state index contributed by atoms with van der Waals surface area (Å²) in [6, 6.07) is 14.9. The van der Waals surface area contributed by atoms with Gasteiger partial charge in [-0.15, -0.1) is 0 Å². The molecule has 0 radical (unpaired) electrons. The van der Waals surface area contributed by atoms with Gasteiger partial charge in [0.1, 0.15) is 11.9 Å². The number of carbonyl (C=O) groups excluding carboxylic acids is 1. The number of rotatable bonds is 7. The summed E-state index contributed by atoms with van der Waals surface area (Å²) in [6.07, 6.45) is 1.84. The molecule has 0 heterocycles. The average molecular weight is 333 g/mol. The van der Waals surface area contributed by atoms with Gasteiger partial charge in [0.05, 0.1) is 5.02 Å². The predicted molar refractivity (Wildman–Crippen MR) is 92.1 cm³/mol. The fourth-order valence-electron chi connectivity index (χ4n) is 2.21. The summed E-state index contributed by atoms with van der Waals surface area (Å²) in [4.78, 5) is 11.9. The fourth-order valence-corrected chi connectivity index (χ4v) is 2.43. The van der Waals surface area contributed by atoms with Crippen molar-refractivity contribution in [3.63, 3.8) is 0 Å². The minimum absolute atomic E-state index is 0.270. The minimum atomic E-state index is -0.287. The van der Waals surface area contributed by atoms with Crippen LogP contribution in [0.3, 0.4) is 0 Å². The van der Waals surface area contributed by atoms with Crippen LogP contribution < -0.4 is 9.47 Å². The Morgan fingerprint density at radius 1 is 1.13 bits per heavy atom. The van der Waals surface area contributed by atoms with Gasteiger partial charge >= 0.3 is 5.97 Å². The van der Waals surface area contributed by atoms with Crippen LogP contribution in [-0.4, -0.2) is 5.97 Å². The lowest BCUT2D eigenvalue weighted by Gasteiger charge is -2.19. The molecule has 3 nitrogen and oxygen atoms in total. The minimum Gasteiger partial charge on any atom is -0.486 e. The zero-order valence-corrected chi connectivity index (χ0v) is 14.2. The van der Waals surface area contributed by atoms with Gasteiger partial charge in [-0.05, 0) is 31.5 Å². The van der Waals surface area contributed by atoms with Gasteiger partial charge in [-0.1, -0.05) is 55.3 Å². The molecule has 122 valence electrons. The van der Waals surface area contributed by atoms with E-state index in [2.05, 4.69) is 0 Å². The second-order valence-electron chi connectivity index (χ2n) is 5.31. The molecule has 1 atom stereocenters. The van der Waals surface area contributed by atoms with E-state index in [-0.39, 0.29) is 12.1 Å². The molecule has 0 aromatic heterocycles. The number of para-hydroxylation sites is 2. The Morgan fingerprint density at radius 2 is 1.87 bits per heavy atom. The van der Waals surface area contributed by atoms with Crippen LogP contribution in [0.1, 0.15) is 44.8 Å². The number of halogens is 1. The summed E-state index contributed by atoms with van der Waals surface area (Å²) in [5.41, 5.74) is 0.756. The van der Waals surface area contributed by atoms with Crippen molar-refractivity contribution in [3.8, 4) is 11.5 Å². The van der Waals surface area contributed by atoms with Crippen LogP contribution in [0.4, 0.5) is 0 Å². The van der Waals surface area contributed by atoms with E-state index in [0.717, 1.165) is 24.2 Å². The Hall–Kier alpha value is -2.00. The first-order valence-corrected chi connectivity index (χ1v) is 8.20. The lowest BCUT2D eigenvalue weighted by molar-refractivity contribution is -0.134. The second kappa shape index (κ2) is 8.59. The Balaban J connectivity index is 2.17. The molecule has 0 saturated heterocycles. The number of carbonyl (C=O) groups is 1. The maximum Gasteiger partial charge on any atom is 0.311 e. The van der Waals surface area contributed by atoms with Gasteiger partial charge in [-0.25, -0.2) is 0 Å². The zero-order valence-electron chi connectivity index (χ0n) is 13.4. The van der Waals surface area contributed by atoms with Crippen molar-refractivity contribution >= 4 is 17.6 Å². The van der Waals surface area contributed by atoms with E-state index >= 15 is 0 Å². The number of ether oxygens (including phenoxy) is 2. The van der Waals surface area contributed by atoms with E-state index < -0.39 is 0 Å². The largest absolute Gasteiger partial charge is 0.486 e. The summed E-state index contributed by atoms with van der Waals surface area (Å²) in [7, 11) is 0. The van der Waals surface area contributed by atoms with E-state index in [1.807, 2.05) is 56.3 Å². The summed E-state index contributed by atoms with van der Waals surface area (Å²) in [5, 5.41) is 0.413. The van der Waals surface area contributed by atoms with Crippen LogP contribution in [-0.2, 0) is 4.79 Å². The molecule has 0 aliphatic heterocycles. The van der Waals surface area contributed by atoms with Crippen molar-refractivity contribution in [1.82, 2.24) is 0 Å². The maximum absolute atomic E-state index is 11.9. The summed E-state index contributed by atoms with van der Waals surface area (Å²) < 4.78 is 11.4. The molecule has 0 N–H and O–H groups in total.